The van der Waals surface area contributed by atoms with Gasteiger partial charge in [-0.25, -0.2) is 0 Å². The fourth-order valence-electron chi connectivity index (χ4n) is 5.14. The quantitative estimate of drug-likeness (QED) is 0.184. The van der Waals surface area contributed by atoms with Crippen LogP contribution in [0.15, 0.2) is 102 Å². The molecule has 0 saturated heterocycles. The Morgan fingerprint density at radius 2 is 1.82 bits per heavy atom. The molecule has 0 bridgehead atoms. The summed E-state index contributed by atoms with van der Waals surface area (Å²) in [4.78, 5) is 24.6. The van der Waals surface area contributed by atoms with Gasteiger partial charge in [-0.2, -0.15) is 0 Å². The summed E-state index contributed by atoms with van der Waals surface area (Å²) < 4.78 is 11.1. The molecule has 1 aliphatic rings. The minimum absolute atomic E-state index is 0.0299. The van der Waals surface area contributed by atoms with Crippen molar-refractivity contribution in [1.82, 2.24) is 10.6 Å². The average molecular weight is 539 g/mol. The highest BCUT2D eigenvalue weighted by atomic mass is 16.5. The van der Waals surface area contributed by atoms with Crippen LogP contribution in [0.25, 0.3) is 10.8 Å². The molecule has 0 saturated carbocycles. The first kappa shape index (κ1) is 28.8. The zero-order valence-electron chi connectivity index (χ0n) is 23.7. The number of hydrogen-bond acceptors (Lipinski definition) is 5. The van der Waals surface area contributed by atoms with Gasteiger partial charge in [-0.05, 0) is 66.8 Å². The van der Waals surface area contributed by atoms with Crippen molar-refractivity contribution in [1.29, 1.82) is 0 Å². The van der Waals surface area contributed by atoms with Gasteiger partial charge in [-0.1, -0.05) is 73.3 Å². The highest BCUT2D eigenvalue weighted by Crippen LogP contribution is 2.41. The Morgan fingerprint density at radius 1 is 1.10 bits per heavy atom. The van der Waals surface area contributed by atoms with Crippen LogP contribution < -0.4 is 15.4 Å². The lowest BCUT2D eigenvalue weighted by Gasteiger charge is -2.34. The van der Waals surface area contributed by atoms with E-state index in [2.05, 4.69) is 77.4 Å². The molecule has 2 N–H and O–H groups in total. The van der Waals surface area contributed by atoms with Gasteiger partial charge < -0.3 is 20.1 Å². The molecular weight excluding hydrogens is 500 g/mol. The number of ether oxygens (including phenoxy) is 2. The van der Waals surface area contributed by atoms with Crippen molar-refractivity contribution >= 4 is 22.6 Å². The summed E-state index contributed by atoms with van der Waals surface area (Å²) in [7, 11) is 1.29. The van der Waals surface area contributed by atoms with Crippen LogP contribution in [0, 0.1) is 0 Å². The van der Waals surface area contributed by atoms with Crippen molar-refractivity contribution in [2.45, 2.75) is 45.3 Å². The first-order valence-corrected chi connectivity index (χ1v) is 13.7. The maximum Gasteiger partial charge on any atom is 0.325 e. The Morgan fingerprint density at radius 3 is 2.60 bits per heavy atom. The van der Waals surface area contributed by atoms with E-state index in [0.29, 0.717) is 18.5 Å². The van der Waals surface area contributed by atoms with Crippen molar-refractivity contribution in [3.8, 4) is 5.75 Å². The average Bonchev–Trinajstić information content (AvgIpc) is 2.99. The second kappa shape index (κ2) is 13.3. The summed E-state index contributed by atoms with van der Waals surface area (Å²) in [6.45, 7) is 10.8. The van der Waals surface area contributed by atoms with Crippen molar-refractivity contribution < 1.29 is 19.1 Å². The smallest absolute Gasteiger partial charge is 0.325 e. The van der Waals surface area contributed by atoms with Crippen LogP contribution in [0.4, 0.5) is 0 Å². The van der Waals surface area contributed by atoms with Crippen LogP contribution in [0.3, 0.4) is 0 Å². The number of rotatable bonds is 10. The molecule has 6 heteroatoms. The molecule has 4 rings (SSSR count). The minimum atomic E-state index is -0.504. The molecule has 1 aliphatic heterocycles. The molecule has 3 aromatic carbocycles. The molecule has 0 aliphatic carbocycles. The van der Waals surface area contributed by atoms with E-state index < -0.39 is 5.97 Å². The summed E-state index contributed by atoms with van der Waals surface area (Å²) in [6, 6.07) is 23.0. The maximum absolute atomic E-state index is 13.0. The number of nitrogens with one attached hydrogen (secondary N) is 2. The van der Waals surface area contributed by atoms with Crippen LogP contribution in [0.5, 0.6) is 5.75 Å². The van der Waals surface area contributed by atoms with E-state index in [1.54, 1.807) is 0 Å². The van der Waals surface area contributed by atoms with E-state index in [-0.39, 0.29) is 30.5 Å². The number of fused-ring (bicyclic) bond motifs is 2. The Balaban J connectivity index is 1.53. The molecule has 0 spiro atoms. The molecule has 3 atom stereocenters. The minimum Gasteiger partial charge on any atom is -0.489 e. The molecule has 3 aromatic rings. The summed E-state index contributed by atoms with van der Waals surface area (Å²) in [5.74, 6) is -0.0456. The van der Waals surface area contributed by atoms with E-state index in [1.807, 2.05) is 44.2 Å². The van der Waals surface area contributed by atoms with Gasteiger partial charge in [0.15, 0.2) is 0 Å². The van der Waals surface area contributed by atoms with Gasteiger partial charge in [0.2, 0.25) is 0 Å². The summed E-state index contributed by atoms with van der Waals surface area (Å²) in [5, 5.41) is 8.80. The van der Waals surface area contributed by atoms with Gasteiger partial charge in [0.1, 0.15) is 18.4 Å². The van der Waals surface area contributed by atoms with Gasteiger partial charge in [-0.15, -0.1) is 0 Å². The highest BCUT2D eigenvalue weighted by Gasteiger charge is 2.30. The van der Waals surface area contributed by atoms with E-state index in [9.17, 15) is 9.59 Å². The highest BCUT2D eigenvalue weighted by molar-refractivity contribution is 5.99. The van der Waals surface area contributed by atoms with Gasteiger partial charge in [0.05, 0.1) is 7.11 Å². The normalized spacial score (nSPS) is 17.9. The summed E-state index contributed by atoms with van der Waals surface area (Å²) in [5.41, 5.74) is 4.38. The molecule has 40 heavy (non-hydrogen) atoms. The molecule has 0 fully saturated rings. The van der Waals surface area contributed by atoms with E-state index in [4.69, 9.17) is 4.74 Å². The van der Waals surface area contributed by atoms with Crippen molar-refractivity contribution in [3.63, 3.8) is 0 Å². The number of allylic oxidation sites excluding steroid dienone is 3. The topological polar surface area (TPSA) is 76.7 Å². The van der Waals surface area contributed by atoms with Crippen LogP contribution in [0.2, 0.25) is 0 Å². The second-order valence-electron chi connectivity index (χ2n) is 10.1. The molecule has 1 amide bonds. The second-order valence-corrected chi connectivity index (χ2v) is 10.1. The standard InChI is InChI=1S/C34H38N2O4/c1-6-22(2)31(34(38)36-21-33(37)39-5)18-23(3)30-19-26(40-32-17-10-9-15-29(30)32)20-35-24(4)27-16-11-13-25-12-7-8-14-28(25)27/h6-18,24,26,30,35H,3,19-21H2,1-2,4-5H3,(H,36,38)/b22-6-,31-18+/t24-,26-,30+/m1/s1. The Labute approximate surface area is 236 Å². The molecule has 0 radical (unpaired) electrons. The van der Waals surface area contributed by atoms with Crippen LogP contribution in [0.1, 0.15) is 50.3 Å². The third-order valence-corrected chi connectivity index (χ3v) is 7.53. The first-order valence-electron chi connectivity index (χ1n) is 13.7. The van der Waals surface area contributed by atoms with Crippen molar-refractivity contribution in [3.05, 3.63) is 113 Å². The number of para-hydroxylation sites is 1. The van der Waals surface area contributed by atoms with Crippen molar-refractivity contribution in [2.75, 3.05) is 20.2 Å². The zero-order chi connectivity index (χ0) is 28.6. The van der Waals surface area contributed by atoms with Crippen molar-refractivity contribution in [2.24, 2.45) is 0 Å². The number of amides is 1. The fraction of sp³-hybridized carbons (Fsp3) is 0.294. The molecule has 1 heterocycles. The monoisotopic (exact) mass is 538 g/mol. The van der Waals surface area contributed by atoms with Gasteiger partial charge in [0.25, 0.3) is 5.91 Å². The summed E-state index contributed by atoms with van der Waals surface area (Å²) in [6.07, 6.45) is 4.34. The van der Waals surface area contributed by atoms with E-state index >= 15 is 0 Å². The third-order valence-electron chi connectivity index (χ3n) is 7.53. The predicted molar refractivity (Wildman–Crippen MR) is 160 cm³/mol. The molecule has 0 aromatic heterocycles. The molecule has 208 valence electrons. The van der Waals surface area contributed by atoms with Crippen LogP contribution >= 0.6 is 0 Å². The zero-order valence-corrected chi connectivity index (χ0v) is 23.7. The Bertz CT molecular complexity index is 1450. The summed E-state index contributed by atoms with van der Waals surface area (Å²) >= 11 is 0. The molecule has 0 unspecified atom stereocenters. The molecular formula is C34H38N2O4. The van der Waals surface area contributed by atoms with E-state index in [0.717, 1.165) is 22.5 Å². The van der Waals surface area contributed by atoms with Crippen LogP contribution in [-0.2, 0) is 14.3 Å². The van der Waals surface area contributed by atoms with Crippen LogP contribution in [-0.4, -0.2) is 38.2 Å². The number of methoxy groups -OCH3 is 1. The Hall–Kier alpha value is -4.16. The largest absolute Gasteiger partial charge is 0.489 e. The fourth-order valence-corrected chi connectivity index (χ4v) is 5.14. The number of carbonyl (C=O) groups excluding carboxylic acids is 2. The van der Waals surface area contributed by atoms with E-state index in [1.165, 1.54) is 23.4 Å². The Kier molecular flexibility index (Phi) is 9.56. The number of esters is 1. The predicted octanol–water partition coefficient (Wildman–Crippen LogP) is 6.16. The van der Waals surface area contributed by atoms with Gasteiger partial charge >= 0.3 is 5.97 Å². The third kappa shape index (κ3) is 6.69. The number of carbonyl (C=O) groups is 2. The lowest BCUT2D eigenvalue weighted by molar-refractivity contribution is -0.140. The van der Waals surface area contributed by atoms with Gasteiger partial charge in [-0.3, -0.25) is 9.59 Å². The number of hydrogen-bond donors (Lipinski definition) is 2. The maximum atomic E-state index is 13.0. The SMILES string of the molecule is C=C(/C=C(C(=O)NCC(=O)OC)\C(C)=C/C)[C@@H]1C[C@H](CN[C@H](C)c2cccc3ccccc23)Oc2ccccc21. The van der Waals surface area contributed by atoms with Gasteiger partial charge in [0, 0.05) is 29.6 Å². The lowest BCUT2D eigenvalue weighted by atomic mass is 9.83. The lowest BCUT2D eigenvalue weighted by Crippen LogP contribution is -2.37. The number of benzene rings is 3. The first-order chi connectivity index (χ1) is 19.3. The molecule has 6 nitrogen and oxygen atoms in total.